The van der Waals surface area contributed by atoms with Crippen molar-refractivity contribution in [2.75, 3.05) is 0 Å². The van der Waals surface area contributed by atoms with E-state index >= 15 is 0 Å². The first-order valence-electron chi connectivity index (χ1n) is 10.1. The quantitative estimate of drug-likeness (QED) is 0.454. The van der Waals surface area contributed by atoms with Crippen LogP contribution in [0.2, 0.25) is 0 Å². The summed E-state index contributed by atoms with van der Waals surface area (Å²) >= 11 is 3.62. The number of hydrazone groups is 1. The second-order valence-electron chi connectivity index (χ2n) is 7.76. The van der Waals surface area contributed by atoms with E-state index in [-0.39, 0.29) is 12.3 Å². The first-order chi connectivity index (χ1) is 14.1. The number of fused-ring (bicyclic) bond motifs is 3. The lowest BCUT2D eigenvalue weighted by Crippen LogP contribution is -2.33. The van der Waals surface area contributed by atoms with E-state index in [1.165, 1.54) is 22.3 Å². The molecular weight excluding hydrogens is 424 g/mol. The van der Waals surface area contributed by atoms with Crippen molar-refractivity contribution < 1.29 is 4.74 Å². The summed E-state index contributed by atoms with van der Waals surface area (Å²) in [6.45, 7) is 4.29. The second kappa shape index (κ2) is 7.34. The number of ether oxygens (including phenoxy) is 1. The van der Waals surface area contributed by atoms with Gasteiger partial charge in [-0.3, -0.25) is 0 Å². The highest BCUT2D eigenvalue weighted by Crippen LogP contribution is 2.48. The van der Waals surface area contributed by atoms with Crippen LogP contribution in [0.15, 0.2) is 76.3 Å². The van der Waals surface area contributed by atoms with E-state index in [1.807, 2.05) is 6.07 Å². The normalized spacial score (nSPS) is 20.0. The summed E-state index contributed by atoms with van der Waals surface area (Å²) in [5.74, 6) is 0.942. The lowest BCUT2D eigenvalue weighted by Gasteiger charge is -2.38. The maximum Gasteiger partial charge on any atom is 0.213 e. The summed E-state index contributed by atoms with van der Waals surface area (Å²) in [7, 11) is 0. The Hall–Kier alpha value is -2.59. The van der Waals surface area contributed by atoms with E-state index in [9.17, 15) is 0 Å². The van der Waals surface area contributed by atoms with Crippen molar-refractivity contribution in [3.8, 4) is 5.75 Å². The molecule has 2 aliphatic heterocycles. The average Bonchev–Trinajstić information content (AvgIpc) is 3.20. The lowest BCUT2D eigenvalue weighted by atomic mass is 9.95. The van der Waals surface area contributed by atoms with Crippen LogP contribution in [0.3, 0.4) is 0 Å². The van der Waals surface area contributed by atoms with Crippen LogP contribution in [0.5, 0.6) is 5.75 Å². The van der Waals surface area contributed by atoms with Crippen LogP contribution in [0, 0.1) is 6.92 Å². The van der Waals surface area contributed by atoms with Gasteiger partial charge < -0.3 is 4.74 Å². The van der Waals surface area contributed by atoms with Gasteiger partial charge in [0.2, 0.25) is 6.23 Å². The van der Waals surface area contributed by atoms with Crippen molar-refractivity contribution in [2.24, 2.45) is 5.10 Å². The van der Waals surface area contributed by atoms with E-state index in [2.05, 4.69) is 95.5 Å². The highest BCUT2D eigenvalue weighted by atomic mass is 79.9. The zero-order chi connectivity index (χ0) is 20.0. The molecule has 0 spiro atoms. The zero-order valence-corrected chi connectivity index (χ0v) is 18.2. The van der Waals surface area contributed by atoms with E-state index in [0.29, 0.717) is 0 Å². The molecule has 2 atom stereocenters. The molecule has 0 bridgehead atoms. The third-order valence-corrected chi connectivity index (χ3v) is 6.30. The van der Waals surface area contributed by atoms with Crippen molar-refractivity contribution in [3.05, 3.63) is 99.0 Å². The Morgan fingerprint density at radius 3 is 2.52 bits per heavy atom. The number of hydrogen-bond donors (Lipinski definition) is 0. The lowest BCUT2D eigenvalue weighted by molar-refractivity contribution is -0.0190. The van der Waals surface area contributed by atoms with Gasteiger partial charge in [0.05, 0.1) is 11.8 Å². The van der Waals surface area contributed by atoms with Gasteiger partial charge in [0.25, 0.3) is 0 Å². The molecule has 0 saturated heterocycles. The van der Waals surface area contributed by atoms with Crippen molar-refractivity contribution in [2.45, 2.75) is 39.0 Å². The molecule has 4 heteroatoms. The molecule has 2 heterocycles. The van der Waals surface area contributed by atoms with E-state index in [0.717, 1.165) is 34.3 Å². The van der Waals surface area contributed by atoms with Gasteiger partial charge in [-0.15, -0.1) is 0 Å². The number of rotatable bonds is 3. The van der Waals surface area contributed by atoms with Gasteiger partial charge in [0.15, 0.2) is 0 Å². The summed E-state index contributed by atoms with van der Waals surface area (Å²) in [6, 6.07) is 23.8. The maximum atomic E-state index is 6.45. The topological polar surface area (TPSA) is 24.8 Å². The number of benzene rings is 3. The molecule has 0 radical (unpaired) electrons. The Balaban J connectivity index is 1.57. The fraction of sp³-hybridized carbons (Fsp3) is 0.240. The predicted molar refractivity (Wildman–Crippen MR) is 120 cm³/mol. The molecule has 146 valence electrons. The maximum absolute atomic E-state index is 6.45. The Morgan fingerprint density at radius 1 is 1.03 bits per heavy atom. The number of halogens is 1. The first-order valence-corrected chi connectivity index (χ1v) is 10.9. The minimum Gasteiger partial charge on any atom is -0.464 e. The highest BCUT2D eigenvalue weighted by molar-refractivity contribution is 9.10. The molecular formula is C25H23BrN2O. The van der Waals surface area contributed by atoms with Crippen molar-refractivity contribution in [1.29, 1.82) is 0 Å². The number of aryl methyl sites for hydroxylation is 2. The minimum absolute atomic E-state index is 0.170. The molecule has 29 heavy (non-hydrogen) atoms. The first kappa shape index (κ1) is 18.4. The van der Waals surface area contributed by atoms with Gasteiger partial charge in [0.1, 0.15) is 5.75 Å². The second-order valence-corrected chi connectivity index (χ2v) is 8.68. The summed E-state index contributed by atoms with van der Waals surface area (Å²) in [4.78, 5) is 0. The van der Waals surface area contributed by atoms with Crippen LogP contribution in [0.25, 0.3) is 0 Å². The molecule has 0 unspecified atom stereocenters. The summed E-state index contributed by atoms with van der Waals surface area (Å²) < 4.78 is 7.51. The molecule has 2 aliphatic rings. The van der Waals surface area contributed by atoms with Gasteiger partial charge in [-0.25, -0.2) is 5.01 Å². The van der Waals surface area contributed by atoms with E-state index in [4.69, 9.17) is 9.84 Å². The minimum atomic E-state index is -0.221. The van der Waals surface area contributed by atoms with Gasteiger partial charge in [0, 0.05) is 22.0 Å². The van der Waals surface area contributed by atoms with Crippen LogP contribution in [0.1, 0.15) is 53.4 Å². The van der Waals surface area contributed by atoms with Gasteiger partial charge in [-0.05, 0) is 42.7 Å². The average molecular weight is 447 g/mol. The highest BCUT2D eigenvalue weighted by Gasteiger charge is 2.41. The number of nitrogens with zero attached hydrogens (tertiary/aromatic N) is 2. The Labute approximate surface area is 180 Å². The van der Waals surface area contributed by atoms with Crippen molar-refractivity contribution in [1.82, 2.24) is 5.01 Å². The monoisotopic (exact) mass is 446 g/mol. The van der Waals surface area contributed by atoms with Gasteiger partial charge >= 0.3 is 0 Å². The van der Waals surface area contributed by atoms with E-state index < -0.39 is 0 Å². The molecule has 0 fully saturated rings. The molecule has 0 saturated carbocycles. The molecule has 5 rings (SSSR count). The van der Waals surface area contributed by atoms with Gasteiger partial charge in [-0.1, -0.05) is 76.9 Å². The SMILES string of the molecule is CCc1ccc(C2=NN3[C@@H](c4ccc(C)cc4)Oc4ccc(Br)cc4[C@@H]3C2)cc1. The third-order valence-electron chi connectivity index (χ3n) is 5.81. The van der Waals surface area contributed by atoms with Crippen molar-refractivity contribution >= 4 is 21.6 Å². The number of hydrogen-bond acceptors (Lipinski definition) is 3. The Morgan fingerprint density at radius 2 is 1.79 bits per heavy atom. The van der Waals surface area contributed by atoms with Crippen LogP contribution in [-0.4, -0.2) is 10.7 Å². The molecule has 0 amide bonds. The predicted octanol–water partition coefficient (Wildman–Crippen LogP) is 6.56. The standard InChI is InChI=1S/C25H23BrN2O/c1-3-17-6-10-18(11-7-17)22-15-23-21-14-20(26)12-13-24(21)29-25(28(23)27-22)19-8-4-16(2)5-9-19/h4-14,23,25H,3,15H2,1-2H3/t23-,25+/m0/s1. The smallest absolute Gasteiger partial charge is 0.213 e. The van der Waals surface area contributed by atoms with E-state index in [1.54, 1.807) is 0 Å². The molecule has 0 aliphatic carbocycles. The molecule has 0 N–H and O–H groups in total. The van der Waals surface area contributed by atoms with Gasteiger partial charge in [-0.2, -0.15) is 5.10 Å². The summed E-state index contributed by atoms with van der Waals surface area (Å²) in [5.41, 5.74) is 7.21. The molecule has 3 aromatic carbocycles. The molecule has 3 nitrogen and oxygen atoms in total. The van der Waals surface area contributed by atoms with Crippen LogP contribution < -0.4 is 4.74 Å². The Kier molecular flexibility index (Phi) is 4.67. The van der Waals surface area contributed by atoms with Crippen LogP contribution >= 0.6 is 15.9 Å². The summed E-state index contributed by atoms with van der Waals surface area (Å²) in [6.07, 6.45) is 1.70. The Bertz CT molecular complexity index is 1070. The molecule has 3 aromatic rings. The summed E-state index contributed by atoms with van der Waals surface area (Å²) in [5, 5.41) is 7.20. The van der Waals surface area contributed by atoms with Crippen LogP contribution in [0.4, 0.5) is 0 Å². The largest absolute Gasteiger partial charge is 0.464 e. The fourth-order valence-corrected chi connectivity index (χ4v) is 4.50. The fourth-order valence-electron chi connectivity index (χ4n) is 4.12. The van der Waals surface area contributed by atoms with Crippen molar-refractivity contribution in [3.63, 3.8) is 0 Å². The van der Waals surface area contributed by atoms with Crippen LogP contribution in [-0.2, 0) is 6.42 Å². The third kappa shape index (κ3) is 3.36. The zero-order valence-electron chi connectivity index (χ0n) is 16.6. The molecule has 0 aromatic heterocycles.